The molecule has 1 heterocycles. The van der Waals surface area contributed by atoms with Crippen LogP contribution in [-0.2, 0) is 17.7 Å². The second kappa shape index (κ2) is 9.35. The van der Waals surface area contributed by atoms with Crippen molar-refractivity contribution in [3.05, 3.63) is 35.4 Å². The summed E-state index contributed by atoms with van der Waals surface area (Å²) in [6.07, 6.45) is 2.92. The van der Waals surface area contributed by atoms with Crippen LogP contribution in [-0.4, -0.2) is 42.4 Å². The summed E-state index contributed by atoms with van der Waals surface area (Å²) in [5.41, 5.74) is 2.85. The molecule has 0 spiro atoms. The smallest absolute Gasteiger partial charge is 0.0900 e. The van der Waals surface area contributed by atoms with Gasteiger partial charge in [0.05, 0.1) is 12.7 Å². The molecular formula is C16H26ClNO2. The van der Waals surface area contributed by atoms with Gasteiger partial charge in [-0.2, -0.15) is 0 Å². The van der Waals surface area contributed by atoms with Crippen LogP contribution >= 0.6 is 12.4 Å². The highest BCUT2D eigenvalue weighted by Crippen LogP contribution is 2.18. The van der Waals surface area contributed by atoms with Gasteiger partial charge in [0.1, 0.15) is 0 Å². The van der Waals surface area contributed by atoms with Crippen molar-refractivity contribution in [1.29, 1.82) is 0 Å². The molecule has 3 nitrogen and oxygen atoms in total. The predicted molar refractivity (Wildman–Crippen MR) is 84.4 cm³/mol. The van der Waals surface area contributed by atoms with Crippen molar-refractivity contribution < 1.29 is 9.84 Å². The largest absolute Gasteiger partial charge is 0.389 e. The maximum Gasteiger partial charge on any atom is 0.0900 e. The molecule has 1 aromatic rings. The van der Waals surface area contributed by atoms with Crippen molar-refractivity contribution in [2.75, 3.05) is 26.3 Å². The predicted octanol–water partition coefficient (Wildman–Crippen LogP) is 2.64. The Hall–Kier alpha value is -0.610. The minimum Gasteiger partial charge on any atom is -0.389 e. The van der Waals surface area contributed by atoms with E-state index in [1.165, 1.54) is 11.1 Å². The number of unbranched alkanes of at least 4 members (excludes halogenated alkanes) is 1. The number of β-amino-alcohol motifs (C(OH)–C–C–N with tert-alkyl or cyclic N) is 1. The van der Waals surface area contributed by atoms with Gasteiger partial charge in [-0.1, -0.05) is 37.6 Å². The van der Waals surface area contributed by atoms with Crippen LogP contribution in [0.25, 0.3) is 0 Å². The summed E-state index contributed by atoms with van der Waals surface area (Å²) < 4.78 is 5.47. The van der Waals surface area contributed by atoms with Gasteiger partial charge in [-0.3, -0.25) is 4.90 Å². The van der Waals surface area contributed by atoms with E-state index in [0.717, 1.165) is 39.0 Å². The number of fused-ring (bicyclic) bond motifs is 1. The molecular weight excluding hydrogens is 274 g/mol. The Labute approximate surface area is 128 Å². The SMILES string of the molecule is CCCCOCC(O)CN1CCc2ccccc2C1.Cl. The molecule has 0 radical (unpaired) electrons. The third-order valence-corrected chi connectivity index (χ3v) is 3.63. The van der Waals surface area contributed by atoms with Crippen molar-refractivity contribution in [3.8, 4) is 0 Å². The Bertz CT molecular complexity index is 386. The Balaban J connectivity index is 0.00000200. The van der Waals surface area contributed by atoms with Gasteiger partial charge in [0, 0.05) is 26.2 Å². The Morgan fingerprint density at radius 3 is 2.80 bits per heavy atom. The molecule has 114 valence electrons. The van der Waals surface area contributed by atoms with Crippen LogP contribution in [0.5, 0.6) is 0 Å². The molecule has 0 aromatic heterocycles. The molecule has 0 saturated carbocycles. The molecule has 1 aliphatic heterocycles. The normalized spacial score (nSPS) is 16.3. The third-order valence-electron chi connectivity index (χ3n) is 3.63. The lowest BCUT2D eigenvalue weighted by Gasteiger charge is -2.30. The first kappa shape index (κ1) is 17.4. The average molecular weight is 300 g/mol. The number of ether oxygens (including phenoxy) is 1. The highest BCUT2D eigenvalue weighted by atomic mass is 35.5. The molecule has 0 aliphatic carbocycles. The van der Waals surface area contributed by atoms with Gasteiger partial charge in [-0.15, -0.1) is 12.4 Å². The van der Waals surface area contributed by atoms with E-state index in [-0.39, 0.29) is 18.5 Å². The van der Waals surface area contributed by atoms with E-state index in [1.54, 1.807) is 0 Å². The third kappa shape index (κ3) is 5.41. The summed E-state index contributed by atoms with van der Waals surface area (Å²) in [6, 6.07) is 8.58. The molecule has 1 unspecified atom stereocenters. The second-order valence-electron chi connectivity index (χ2n) is 5.34. The topological polar surface area (TPSA) is 32.7 Å². The fourth-order valence-corrected chi connectivity index (χ4v) is 2.53. The highest BCUT2D eigenvalue weighted by Gasteiger charge is 2.18. The van der Waals surface area contributed by atoms with Crippen molar-refractivity contribution in [1.82, 2.24) is 4.90 Å². The molecule has 4 heteroatoms. The fourth-order valence-electron chi connectivity index (χ4n) is 2.53. The fraction of sp³-hybridized carbons (Fsp3) is 0.625. The number of aliphatic hydroxyl groups is 1. The van der Waals surface area contributed by atoms with Gasteiger partial charge in [0.15, 0.2) is 0 Å². The summed E-state index contributed by atoms with van der Waals surface area (Å²) in [5, 5.41) is 9.98. The van der Waals surface area contributed by atoms with Crippen LogP contribution in [0.3, 0.4) is 0 Å². The molecule has 1 aliphatic rings. The quantitative estimate of drug-likeness (QED) is 0.786. The highest BCUT2D eigenvalue weighted by molar-refractivity contribution is 5.85. The number of halogens is 1. The molecule has 0 saturated heterocycles. The van der Waals surface area contributed by atoms with Crippen molar-refractivity contribution >= 4 is 12.4 Å². The summed E-state index contributed by atoms with van der Waals surface area (Å²) in [5.74, 6) is 0. The van der Waals surface area contributed by atoms with Crippen LogP contribution in [0.1, 0.15) is 30.9 Å². The lowest BCUT2D eigenvalue weighted by Crippen LogP contribution is -2.38. The number of rotatable bonds is 7. The molecule has 1 aromatic carbocycles. The van der Waals surface area contributed by atoms with E-state index in [0.29, 0.717) is 13.2 Å². The van der Waals surface area contributed by atoms with E-state index in [4.69, 9.17) is 4.74 Å². The first-order chi connectivity index (χ1) is 9.29. The van der Waals surface area contributed by atoms with E-state index < -0.39 is 0 Å². The Morgan fingerprint density at radius 1 is 1.30 bits per heavy atom. The van der Waals surface area contributed by atoms with Crippen LogP contribution in [0.15, 0.2) is 24.3 Å². The minimum absolute atomic E-state index is 0. The number of aliphatic hydroxyl groups excluding tert-OH is 1. The van der Waals surface area contributed by atoms with Crippen LogP contribution < -0.4 is 0 Å². The summed E-state index contributed by atoms with van der Waals surface area (Å²) in [6.45, 7) is 6.05. The molecule has 2 rings (SSSR count). The molecule has 0 amide bonds. The lowest BCUT2D eigenvalue weighted by molar-refractivity contribution is 0.0135. The minimum atomic E-state index is -0.373. The van der Waals surface area contributed by atoms with Gasteiger partial charge >= 0.3 is 0 Å². The van der Waals surface area contributed by atoms with Gasteiger partial charge in [-0.25, -0.2) is 0 Å². The van der Waals surface area contributed by atoms with Gasteiger partial charge < -0.3 is 9.84 Å². The van der Waals surface area contributed by atoms with E-state index in [1.807, 2.05) is 0 Å². The van der Waals surface area contributed by atoms with Gasteiger partial charge in [0.25, 0.3) is 0 Å². The zero-order chi connectivity index (χ0) is 13.5. The van der Waals surface area contributed by atoms with Crippen LogP contribution in [0.2, 0.25) is 0 Å². The van der Waals surface area contributed by atoms with Gasteiger partial charge in [-0.05, 0) is 24.0 Å². The summed E-state index contributed by atoms with van der Waals surface area (Å²) in [4.78, 5) is 2.32. The number of nitrogens with zero attached hydrogens (tertiary/aromatic N) is 1. The number of benzene rings is 1. The first-order valence-corrected chi connectivity index (χ1v) is 7.34. The van der Waals surface area contributed by atoms with Crippen LogP contribution in [0.4, 0.5) is 0 Å². The number of hydrogen-bond donors (Lipinski definition) is 1. The van der Waals surface area contributed by atoms with E-state index in [9.17, 15) is 5.11 Å². The van der Waals surface area contributed by atoms with Crippen molar-refractivity contribution in [2.45, 2.75) is 38.8 Å². The lowest BCUT2D eigenvalue weighted by atomic mass is 10.00. The van der Waals surface area contributed by atoms with Crippen LogP contribution in [0, 0.1) is 0 Å². The monoisotopic (exact) mass is 299 g/mol. The Morgan fingerprint density at radius 2 is 2.05 bits per heavy atom. The first-order valence-electron chi connectivity index (χ1n) is 7.34. The standard InChI is InChI=1S/C16H25NO2.ClH/c1-2-3-10-19-13-16(18)12-17-9-8-14-6-4-5-7-15(14)11-17;/h4-7,16,18H,2-3,8-13H2,1H3;1H. The van der Waals surface area contributed by atoms with Crippen molar-refractivity contribution in [2.24, 2.45) is 0 Å². The average Bonchev–Trinajstić information content (AvgIpc) is 2.43. The summed E-state index contributed by atoms with van der Waals surface area (Å²) in [7, 11) is 0. The second-order valence-corrected chi connectivity index (χ2v) is 5.34. The molecule has 1 N–H and O–H groups in total. The molecule has 20 heavy (non-hydrogen) atoms. The van der Waals surface area contributed by atoms with E-state index >= 15 is 0 Å². The maximum absolute atomic E-state index is 9.98. The summed E-state index contributed by atoms with van der Waals surface area (Å²) >= 11 is 0. The molecule has 0 bridgehead atoms. The Kier molecular flexibility index (Phi) is 8.15. The van der Waals surface area contributed by atoms with E-state index in [2.05, 4.69) is 36.1 Å². The maximum atomic E-state index is 9.98. The zero-order valence-corrected chi connectivity index (χ0v) is 13.1. The van der Waals surface area contributed by atoms with Crippen molar-refractivity contribution in [3.63, 3.8) is 0 Å². The molecule has 0 fully saturated rings. The zero-order valence-electron chi connectivity index (χ0n) is 12.3. The van der Waals surface area contributed by atoms with Gasteiger partial charge in [0.2, 0.25) is 0 Å². The molecule has 1 atom stereocenters. The number of hydrogen-bond acceptors (Lipinski definition) is 3.